The molecule has 0 saturated carbocycles. The highest BCUT2D eigenvalue weighted by Gasteiger charge is 2.14. The molecule has 0 saturated heterocycles. The van der Waals surface area contributed by atoms with Gasteiger partial charge in [0.25, 0.3) is 0 Å². The summed E-state index contributed by atoms with van der Waals surface area (Å²) in [4.78, 5) is 7.90. The summed E-state index contributed by atoms with van der Waals surface area (Å²) >= 11 is 12.7. The minimum atomic E-state index is 0.403. The zero-order valence-electron chi connectivity index (χ0n) is 13.3. The van der Waals surface area contributed by atoms with Gasteiger partial charge in [-0.1, -0.05) is 43.1 Å². The van der Waals surface area contributed by atoms with Gasteiger partial charge in [-0.15, -0.1) is 0 Å². The fourth-order valence-electron chi connectivity index (χ4n) is 2.34. The van der Waals surface area contributed by atoms with E-state index in [9.17, 15) is 0 Å². The molecule has 5 heteroatoms. The largest absolute Gasteiger partial charge is 0.490 e. The zero-order chi connectivity index (χ0) is 16.6. The van der Waals surface area contributed by atoms with E-state index in [0.29, 0.717) is 28.3 Å². The third-order valence-electron chi connectivity index (χ3n) is 3.47. The molecule has 0 bridgehead atoms. The molecule has 120 valence electrons. The molecule has 23 heavy (non-hydrogen) atoms. The Morgan fingerprint density at radius 2 is 1.83 bits per heavy atom. The summed E-state index contributed by atoms with van der Waals surface area (Å²) in [7, 11) is 0. The summed E-state index contributed by atoms with van der Waals surface area (Å²) in [6.45, 7) is 6.77. The minimum absolute atomic E-state index is 0.403. The Kier molecular flexibility index (Phi) is 4.51. The number of nitrogens with zero attached hydrogens (tertiary/aromatic N) is 1. The van der Waals surface area contributed by atoms with E-state index in [1.54, 1.807) is 0 Å². The average Bonchev–Trinajstić information content (AvgIpc) is 2.88. The van der Waals surface area contributed by atoms with Gasteiger partial charge >= 0.3 is 0 Å². The van der Waals surface area contributed by atoms with Gasteiger partial charge < -0.3 is 9.72 Å². The number of hydrogen-bond donors (Lipinski definition) is 1. The summed E-state index contributed by atoms with van der Waals surface area (Å²) in [5.41, 5.74) is 3.93. The highest BCUT2D eigenvalue weighted by Crippen LogP contribution is 2.37. The second-order valence-electron chi connectivity index (χ2n) is 6.08. The van der Waals surface area contributed by atoms with Gasteiger partial charge in [-0.3, -0.25) is 0 Å². The number of aromatic nitrogens is 2. The SMILES string of the molecule is Cc1ccc2nc(-c3cc(Cl)c(OCC(C)C)c(Cl)c3)[nH]c2c1. The van der Waals surface area contributed by atoms with Gasteiger partial charge in [0.2, 0.25) is 0 Å². The van der Waals surface area contributed by atoms with Crippen LogP contribution in [0, 0.1) is 12.8 Å². The Morgan fingerprint density at radius 1 is 1.13 bits per heavy atom. The van der Waals surface area contributed by atoms with Crippen LogP contribution in [0.15, 0.2) is 30.3 Å². The molecular formula is C18H18Cl2N2O. The molecule has 2 aromatic carbocycles. The van der Waals surface area contributed by atoms with E-state index >= 15 is 0 Å². The van der Waals surface area contributed by atoms with Crippen molar-refractivity contribution in [1.29, 1.82) is 0 Å². The van der Waals surface area contributed by atoms with Crippen LogP contribution < -0.4 is 4.74 Å². The van der Waals surface area contributed by atoms with Crippen molar-refractivity contribution in [2.24, 2.45) is 5.92 Å². The summed E-state index contributed by atoms with van der Waals surface area (Å²) < 4.78 is 5.70. The molecular weight excluding hydrogens is 331 g/mol. The second kappa shape index (κ2) is 6.42. The maximum absolute atomic E-state index is 6.34. The highest BCUT2D eigenvalue weighted by molar-refractivity contribution is 6.37. The third kappa shape index (κ3) is 3.46. The van der Waals surface area contributed by atoms with Crippen LogP contribution in [0.5, 0.6) is 5.75 Å². The lowest BCUT2D eigenvalue weighted by atomic mass is 10.2. The van der Waals surface area contributed by atoms with Crippen LogP contribution in [-0.2, 0) is 0 Å². The number of ether oxygens (including phenoxy) is 1. The predicted molar refractivity (Wildman–Crippen MR) is 96.6 cm³/mol. The molecule has 0 atom stereocenters. The number of benzene rings is 2. The molecule has 0 radical (unpaired) electrons. The number of rotatable bonds is 4. The van der Waals surface area contributed by atoms with Gasteiger partial charge in [0.05, 0.1) is 27.7 Å². The van der Waals surface area contributed by atoms with Gasteiger partial charge in [0, 0.05) is 5.56 Å². The van der Waals surface area contributed by atoms with Crippen LogP contribution in [0.3, 0.4) is 0 Å². The molecule has 1 N–H and O–H groups in total. The number of fused-ring (bicyclic) bond motifs is 1. The molecule has 1 aromatic heterocycles. The van der Waals surface area contributed by atoms with Crippen molar-refractivity contribution in [3.63, 3.8) is 0 Å². The number of H-pyrrole nitrogens is 1. The lowest BCUT2D eigenvalue weighted by Gasteiger charge is -2.12. The number of aryl methyl sites for hydroxylation is 1. The van der Waals surface area contributed by atoms with E-state index < -0.39 is 0 Å². The Balaban J connectivity index is 1.98. The number of imidazole rings is 1. The minimum Gasteiger partial charge on any atom is -0.490 e. The average molecular weight is 349 g/mol. The van der Waals surface area contributed by atoms with E-state index in [2.05, 4.69) is 36.8 Å². The van der Waals surface area contributed by atoms with Crippen molar-refractivity contribution in [1.82, 2.24) is 9.97 Å². The summed E-state index contributed by atoms with van der Waals surface area (Å²) in [5, 5.41) is 0.981. The topological polar surface area (TPSA) is 37.9 Å². The first kappa shape index (κ1) is 16.2. The van der Waals surface area contributed by atoms with Crippen molar-refractivity contribution >= 4 is 34.2 Å². The predicted octanol–water partition coefficient (Wildman–Crippen LogP) is 5.88. The standard InChI is InChI=1S/C18H18Cl2N2O/c1-10(2)9-23-17-13(19)7-12(8-14(17)20)18-21-15-5-4-11(3)6-16(15)22-18/h4-8,10H,9H2,1-3H3,(H,21,22). The highest BCUT2D eigenvalue weighted by atomic mass is 35.5. The first-order valence-corrected chi connectivity index (χ1v) is 8.28. The van der Waals surface area contributed by atoms with Crippen LogP contribution in [0.2, 0.25) is 10.0 Å². The van der Waals surface area contributed by atoms with Gasteiger partial charge in [0.1, 0.15) is 5.82 Å². The van der Waals surface area contributed by atoms with Crippen molar-refractivity contribution in [2.45, 2.75) is 20.8 Å². The van der Waals surface area contributed by atoms with Crippen LogP contribution >= 0.6 is 23.2 Å². The first-order chi connectivity index (χ1) is 10.9. The summed E-state index contributed by atoms with van der Waals surface area (Å²) in [6.07, 6.45) is 0. The van der Waals surface area contributed by atoms with Crippen LogP contribution in [0.25, 0.3) is 22.4 Å². The first-order valence-electron chi connectivity index (χ1n) is 7.52. The van der Waals surface area contributed by atoms with Crippen LogP contribution in [-0.4, -0.2) is 16.6 Å². The molecule has 3 aromatic rings. The smallest absolute Gasteiger partial charge is 0.156 e. The maximum Gasteiger partial charge on any atom is 0.156 e. The quantitative estimate of drug-likeness (QED) is 0.639. The number of aromatic amines is 1. The molecule has 1 heterocycles. The Hall–Kier alpha value is -1.71. The molecule has 0 fully saturated rings. The van der Waals surface area contributed by atoms with Crippen molar-refractivity contribution in [3.8, 4) is 17.1 Å². The van der Waals surface area contributed by atoms with Crippen LogP contribution in [0.1, 0.15) is 19.4 Å². The molecule has 0 aliphatic rings. The third-order valence-corrected chi connectivity index (χ3v) is 4.03. The lowest BCUT2D eigenvalue weighted by Crippen LogP contribution is -2.05. The Morgan fingerprint density at radius 3 is 2.48 bits per heavy atom. The molecule has 0 aliphatic carbocycles. The fourth-order valence-corrected chi connectivity index (χ4v) is 2.94. The number of hydrogen-bond acceptors (Lipinski definition) is 2. The van der Waals surface area contributed by atoms with Gasteiger partial charge in [-0.25, -0.2) is 4.98 Å². The van der Waals surface area contributed by atoms with Crippen LogP contribution in [0.4, 0.5) is 0 Å². The van der Waals surface area contributed by atoms with Crippen molar-refractivity contribution in [3.05, 3.63) is 45.9 Å². The second-order valence-corrected chi connectivity index (χ2v) is 6.89. The van der Waals surface area contributed by atoms with Gasteiger partial charge in [-0.2, -0.15) is 0 Å². The normalized spacial score (nSPS) is 11.4. The lowest BCUT2D eigenvalue weighted by molar-refractivity contribution is 0.271. The zero-order valence-corrected chi connectivity index (χ0v) is 14.8. The molecule has 0 unspecified atom stereocenters. The van der Waals surface area contributed by atoms with Gasteiger partial charge in [0.15, 0.2) is 5.75 Å². The Labute approximate surface area is 145 Å². The van der Waals surface area contributed by atoms with Gasteiger partial charge in [-0.05, 0) is 42.7 Å². The molecule has 0 aliphatic heterocycles. The molecule has 3 nitrogen and oxygen atoms in total. The van der Waals surface area contributed by atoms with E-state index in [-0.39, 0.29) is 0 Å². The number of nitrogens with one attached hydrogen (secondary N) is 1. The van der Waals surface area contributed by atoms with E-state index in [1.165, 1.54) is 5.56 Å². The van der Waals surface area contributed by atoms with Crippen molar-refractivity contribution < 1.29 is 4.74 Å². The molecule has 0 amide bonds. The monoisotopic (exact) mass is 348 g/mol. The van der Waals surface area contributed by atoms with Crippen molar-refractivity contribution in [2.75, 3.05) is 6.61 Å². The maximum atomic E-state index is 6.34. The molecule has 0 spiro atoms. The summed E-state index contributed by atoms with van der Waals surface area (Å²) in [5.74, 6) is 1.67. The fraction of sp³-hybridized carbons (Fsp3) is 0.278. The number of halogens is 2. The Bertz CT molecular complexity index is 832. The molecule has 3 rings (SSSR count). The summed E-state index contributed by atoms with van der Waals surface area (Å²) in [6, 6.07) is 9.75. The van der Waals surface area contributed by atoms with E-state index in [0.717, 1.165) is 22.4 Å². The van der Waals surface area contributed by atoms with E-state index in [4.69, 9.17) is 27.9 Å². The van der Waals surface area contributed by atoms with E-state index in [1.807, 2.05) is 24.3 Å².